The Morgan fingerprint density at radius 2 is 1.74 bits per heavy atom. The van der Waals surface area contributed by atoms with Crippen molar-refractivity contribution in [3.63, 3.8) is 0 Å². The Morgan fingerprint density at radius 1 is 1.06 bits per heavy atom. The van der Waals surface area contributed by atoms with Gasteiger partial charge in [-0.05, 0) is 39.2 Å². The number of aliphatic hydroxyl groups is 1. The molecule has 2 aromatic rings. The number of nitrogens with zero attached hydrogens (tertiary/aromatic N) is 2. The number of hydrogen-bond acceptors (Lipinski definition) is 6. The fourth-order valence-electron chi connectivity index (χ4n) is 3.66. The van der Waals surface area contributed by atoms with Crippen LogP contribution in [0.15, 0.2) is 48.0 Å². The van der Waals surface area contributed by atoms with Gasteiger partial charge in [-0.1, -0.05) is 29.8 Å². The molecule has 1 unspecified atom stereocenters. The summed E-state index contributed by atoms with van der Waals surface area (Å²) < 4.78 is 10.9. The quantitative estimate of drug-likeness (QED) is 0.418. The molecule has 2 aromatic carbocycles. The van der Waals surface area contributed by atoms with Gasteiger partial charge in [-0.2, -0.15) is 0 Å². The molecule has 31 heavy (non-hydrogen) atoms. The van der Waals surface area contributed by atoms with Crippen LogP contribution in [0.4, 0.5) is 0 Å². The van der Waals surface area contributed by atoms with Crippen molar-refractivity contribution in [3.8, 4) is 11.5 Å². The third-order valence-electron chi connectivity index (χ3n) is 5.38. The molecule has 0 radical (unpaired) electrons. The summed E-state index contributed by atoms with van der Waals surface area (Å²) in [6, 6.07) is 11.6. The molecule has 7 nitrogen and oxygen atoms in total. The molecule has 1 atom stereocenters. The number of rotatable bonds is 7. The number of likely N-dealkylation sites (tertiary alicyclic amines) is 1. The van der Waals surface area contributed by atoms with Gasteiger partial charge in [-0.25, -0.2) is 0 Å². The van der Waals surface area contributed by atoms with Gasteiger partial charge < -0.3 is 24.4 Å². The first kappa shape index (κ1) is 22.4. The molecule has 0 aromatic heterocycles. The standard InChI is InChI=1S/C24H28N2O5/c1-15-6-8-16(9-7-15)22(27)20-21(18-14-17(30-4)10-11-19(18)31-5)26(13-12-25(2)3)24(29)23(20)28/h6-11,14,21,27H,12-13H2,1-5H3/b22-20+. The lowest BCUT2D eigenvalue weighted by atomic mass is 9.94. The van der Waals surface area contributed by atoms with E-state index in [4.69, 9.17) is 9.47 Å². The average Bonchev–Trinajstić information content (AvgIpc) is 3.01. The van der Waals surface area contributed by atoms with Crippen LogP contribution in [-0.4, -0.2) is 68.0 Å². The van der Waals surface area contributed by atoms with Gasteiger partial charge in [0, 0.05) is 24.2 Å². The van der Waals surface area contributed by atoms with Crippen molar-refractivity contribution in [2.75, 3.05) is 41.4 Å². The second-order valence-electron chi connectivity index (χ2n) is 7.77. The number of Topliss-reactive ketones (excluding diaryl/α,β-unsaturated/α-hetero) is 1. The van der Waals surface area contributed by atoms with E-state index >= 15 is 0 Å². The number of likely N-dealkylation sites (N-methyl/N-ethyl adjacent to an activating group) is 1. The number of carbonyl (C=O) groups excluding carboxylic acids is 2. The van der Waals surface area contributed by atoms with E-state index in [1.54, 1.807) is 37.4 Å². The summed E-state index contributed by atoms with van der Waals surface area (Å²) in [6.45, 7) is 2.80. The Labute approximate surface area is 182 Å². The zero-order valence-corrected chi connectivity index (χ0v) is 18.5. The lowest BCUT2D eigenvalue weighted by molar-refractivity contribution is -0.140. The monoisotopic (exact) mass is 424 g/mol. The van der Waals surface area contributed by atoms with Gasteiger partial charge >= 0.3 is 0 Å². The normalized spacial score (nSPS) is 18.0. The van der Waals surface area contributed by atoms with Crippen LogP contribution in [0.1, 0.15) is 22.7 Å². The number of ketones is 1. The Morgan fingerprint density at radius 3 is 2.32 bits per heavy atom. The number of amides is 1. The molecule has 0 bridgehead atoms. The van der Waals surface area contributed by atoms with Crippen LogP contribution >= 0.6 is 0 Å². The largest absolute Gasteiger partial charge is 0.507 e. The second-order valence-corrected chi connectivity index (χ2v) is 7.77. The van der Waals surface area contributed by atoms with E-state index in [9.17, 15) is 14.7 Å². The molecule has 1 saturated heterocycles. The van der Waals surface area contributed by atoms with Crippen LogP contribution in [0.25, 0.3) is 5.76 Å². The van der Waals surface area contributed by atoms with Crippen LogP contribution < -0.4 is 9.47 Å². The Hall–Kier alpha value is -3.32. The highest BCUT2D eigenvalue weighted by Gasteiger charge is 2.47. The van der Waals surface area contributed by atoms with Crippen molar-refractivity contribution < 1.29 is 24.2 Å². The zero-order chi connectivity index (χ0) is 22.7. The highest BCUT2D eigenvalue weighted by atomic mass is 16.5. The number of benzene rings is 2. The van der Waals surface area contributed by atoms with Crippen LogP contribution in [-0.2, 0) is 9.59 Å². The van der Waals surface area contributed by atoms with Gasteiger partial charge in [-0.3, -0.25) is 9.59 Å². The minimum atomic E-state index is -0.800. The van der Waals surface area contributed by atoms with Gasteiger partial charge in [0.05, 0.1) is 25.8 Å². The molecule has 7 heteroatoms. The number of carbonyl (C=O) groups is 2. The molecule has 0 spiro atoms. The summed E-state index contributed by atoms with van der Waals surface area (Å²) in [4.78, 5) is 29.5. The maximum atomic E-state index is 13.1. The third-order valence-corrected chi connectivity index (χ3v) is 5.38. The van der Waals surface area contributed by atoms with E-state index in [1.165, 1.54) is 12.0 Å². The average molecular weight is 424 g/mol. The van der Waals surface area contributed by atoms with Gasteiger partial charge in [0.2, 0.25) is 0 Å². The van der Waals surface area contributed by atoms with E-state index in [0.717, 1.165) is 5.56 Å². The van der Waals surface area contributed by atoms with Crippen molar-refractivity contribution >= 4 is 17.4 Å². The Bertz CT molecular complexity index is 1010. The van der Waals surface area contributed by atoms with Gasteiger partial charge in [0.1, 0.15) is 17.3 Å². The molecule has 3 rings (SSSR count). The summed E-state index contributed by atoms with van der Waals surface area (Å²) in [6.07, 6.45) is 0. The molecular weight excluding hydrogens is 396 g/mol. The van der Waals surface area contributed by atoms with Crippen LogP contribution in [0.2, 0.25) is 0 Å². The van der Waals surface area contributed by atoms with Crippen molar-refractivity contribution in [2.24, 2.45) is 0 Å². The third kappa shape index (κ3) is 4.41. The van der Waals surface area contributed by atoms with Crippen molar-refractivity contribution in [1.82, 2.24) is 9.80 Å². The van der Waals surface area contributed by atoms with Crippen LogP contribution in [0, 0.1) is 6.92 Å². The number of methoxy groups -OCH3 is 2. The maximum Gasteiger partial charge on any atom is 0.295 e. The summed E-state index contributed by atoms with van der Waals surface area (Å²) in [5, 5.41) is 11.1. The number of hydrogen-bond donors (Lipinski definition) is 1. The van der Waals surface area contributed by atoms with E-state index < -0.39 is 17.7 Å². The Balaban J connectivity index is 2.23. The van der Waals surface area contributed by atoms with E-state index in [1.807, 2.05) is 38.1 Å². The lowest BCUT2D eigenvalue weighted by Gasteiger charge is -2.28. The van der Waals surface area contributed by atoms with Crippen molar-refractivity contribution in [3.05, 3.63) is 64.7 Å². The summed E-state index contributed by atoms with van der Waals surface area (Å²) in [7, 11) is 6.85. The fourth-order valence-corrected chi connectivity index (χ4v) is 3.66. The van der Waals surface area contributed by atoms with Gasteiger partial charge in [0.25, 0.3) is 11.7 Å². The first-order valence-electron chi connectivity index (χ1n) is 10.0. The Kier molecular flexibility index (Phi) is 6.65. The van der Waals surface area contributed by atoms with Crippen molar-refractivity contribution in [2.45, 2.75) is 13.0 Å². The minimum absolute atomic E-state index is 0.0409. The first-order chi connectivity index (χ1) is 14.8. The predicted molar refractivity (Wildman–Crippen MR) is 118 cm³/mol. The highest BCUT2D eigenvalue weighted by Crippen LogP contribution is 2.43. The van der Waals surface area contributed by atoms with Crippen molar-refractivity contribution in [1.29, 1.82) is 0 Å². The smallest absolute Gasteiger partial charge is 0.295 e. The molecule has 1 aliphatic rings. The molecule has 1 N–H and O–H groups in total. The van der Waals surface area contributed by atoms with Crippen LogP contribution in [0.5, 0.6) is 11.5 Å². The SMILES string of the molecule is COc1ccc(OC)c(C2/C(=C(\O)c3ccc(C)cc3)C(=O)C(=O)N2CCN(C)C)c1. The lowest BCUT2D eigenvalue weighted by Crippen LogP contribution is -2.35. The molecule has 0 aliphatic carbocycles. The minimum Gasteiger partial charge on any atom is -0.507 e. The molecule has 1 fully saturated rings. The second kappa shape index (κ2) is 9.22. The summed E-state index contributed by atoms with van der Waals surface area (Å²) >= 11 is 0. The number of aliphatic hydroxyl groups excluding tert-OH is 1. The summed E-state index contributed by atoms with van der Waals surface area (Å²) in [5.41, 5.74) is 2.12. The fraction of sp³-hybridized carbons (Fsp3) is 0.333. The number of ether oxygens (including phenoxy) is 2. The number of aryl methyl sites for hydroxylation is 1. The molecule has 1 aliphatic heterocycles. The first-order valence-corrected chi connectivity index (χ1v) is 10.0. The molecule has 0 saturated carbocycles. The molecule has 164 valence electrons. The van der Waals surface area contributed by atoms with Gasteiger partial charge in [0.15, 0.2) is 0 Å². The van der Waals surface area contributed by atoms with E-state index in [2.05, 4.69) is 0 Å². The summed E-state index contributed by atoms with van der Waals surface area (Å²) in [5.74, 6) is -0.514. The maximum absolute atomic E-state index is 13.1. The zero-order valence-electron chi connectivity index (χ0n) is 18.5. The van der Waals surface area contributed by atoms with E-state index in [0.29, 0.717) is 35.7 Å². The predicted octanol–water partition coefficient (Wildman–Crippen LogP) is 3.00. The topological polar surface area (TPSA) is 79.3 Å². The van der Waals surface area contributed by atoms with E-state index in [-0.39, 0.29) is 11.3 Å². The molecular formula is C24H28N2O5. The van der Waals surface area contributed by atoms with Crippen LogP contribution in [0.3, 0.4) is 0 Å². The van der Waals surface area contributed by atoms with Gasteiger partial charge in [-0.15, -0.1) is 0 Å². The molecule has 1 heterocycles. The highest BCUT2D eigenvalue weighted by molar-refractivity contribution is 6.46. The molecule has 1 amide bonds.